The zero-order valence-corrected chi connectivity index (χ0v) is 11.8. The Labute approximate surface area is 109 Å². The number of amides is 1. The molecule has 3 N–H and O–H groups in total. The average Bonchev–Trinajstić information content (AvgIpc) is 2.26. The van der Waals surface area contributed by atoms with Crippen LogP contribution in [-0.2, 0) is 4.74 Å². The molecule has 0 unspecified atom stereocenters. The van der Waals surface area contributed by atoms with Crippen LogP contribution in [0.2, 0.25) is 0 Å². The molecule has 0 aromatic heterocycles. The van der Waals surface area contributed by atoms with E-state index in [1.165, 1.54) is 0 Å². The Balaban J connectivity index is 2.47. The number of hydrogen-bond donors (Lipinski definition) is 2. The molecule has 1 fully saturated rings. The summed E-state index contributed by atoms with van der Waals surface area (Å²) in [6.45, 7) is 5.60. The number of amidine groups is 1. The summed E-state index contributed by atoms with van der Waals surface area (Å²) in [5, 5.41) is 7.44. The van der Waals surface area contributed by atoms with Crippen LogP contribution in [0.25, 0.3) is 0 Å². The summed E-state index contributed by atoms with van der Waals surface area (Å²) < 4.78 is 5.35. The van der Waals surface area contributed by atoms with Crippen LogP contribution in [0.3, 0.4) is 0 Å². The SMILES string of the molecule is CN(C(=O)OC(C)(C)C)C1CCC(C(=N)N)CC1. The summed E-state index contributed by atoms with van der Waals surface area (Å²) in [6.07, 6.45) is 3.27. The van der Waals surface area contributed by atoms with Crippen molar-refractivity contribution < 1.29 is 9.53 Å². The van der Waals surface area contributed by atoms with Crippen molar-refractivity contribution >= 4 is 11.9 Å². The van der Waals surface area contributed by atoms with Crippen molar-refractivity contribution in [1.82, 2.24) is 4.90 Å². The Morgan fingerprint density at radius 3 is 2.17 bits per heavy atom. The molecule has 0 saturated heterocycles. The van der Waals surface area contributed by atoms with E-state index in [4.69, 9.17) is 15.9 Å². The van der Waals surface area contributed by atoms with Gasteiger partial charge in [0.1, 0.15) is 5.60 Å². The molecule has 1 rings (SSSR count). The molecule has 1 amide bonds. The van der Waals surface area contributed by atoms with Crippen molar-refractivity contribution in [2.75, 3.05) is 7.05 Å². The van der Waals surface area contributed by atoms with Crippen molar-refractivity contribution in [1.29, 1.82) is 5.41 Å². The predicted molar refractivity (Wildman–Crippen MR) is 71.7 cm³/mol. The van der Waals surface area contributed by atoms with Gasteiger partial charge in [-0.15, -0.1) is 0 Å². The number of ether oxygens (including phenoxy) is 1. The molecular formula is C13H25N3O2. The Hall–Kier alpha value is -1.26. The van der Waals surface area contributed by atoms with E-state index in [1.54, 1.807) is 11.9 Å². The molecule has 0 radical (unpaired) electrons. The number of nitrogens with one attached hydrogen (secondary N) is 1. The van der Waals surface area contributed by atoms with Crippen molar-refractivity contribution in [3.63, 3.8) is 0 Å². The topological polar surface area (TPSA) is 79.4 Å². The summed E-state index contributed by atoms with van der Waals surface area (Å²) in [6, 6.07) is 0.204. The highest BCUT2D eigenvalue weighted by atomic mass is 16.6. The quantitative estimate of drug-likeness (QED) is 0.587. The minimum Gasteiger partial charge on any atom is -0.444 e. The summed E-state index contributed by atoms with van der Waals surface area (Å²) in [5.41, 5.74) is 5.05. The van der Waals surface area contributed by atoms with Crippen molar-refractivity contribution in [2.45, 2.75) is 58.1 Å². The first kappa shape index (κ1) is 14.8. The smallest absolute Gasteiger partial charge is 0.410 e. The van der Waals surface area contributed by atoms with Crippen LogP contribution < -0.4 is 5.73 Å². The van der Waals surface area contributed by atoms with E-state index in [9.17, 15) is 4.79 Å². The maximum absolute atomic E-state index is 11.9. The van der Waals surface area contributed by atoms with Crippen LogP contribution in [0, 0.1) is 11.3 Å². The van der Waals surface area contributed by atoms with E-state index in [0.717, 1.165) is 25.7 Å². The molecular weight excluding hydrogens is 230 g/mol. The molecule has 5 nitrogen and oxygen atoms in total. The second-order valence-electron chi connectivity index (χ2n) is 6.05. The lowest BCUT2D eigenvalue weighted by molar-refractivity contribution is 0.0181. The van der Waals surface area contributed by atoms with Gasteiger partial charge in [0, 0.05) is 19.0 Å². The molecule has 5 heteroatoms. The fraction of sp³-hybridized carbons (Fsp3) is 0.846. The molecule has 0 heterocycles. The van der Waals surface area contributed by atoms with Gasteiger partial charge in [-0.25, -0.2) is 4.79 Å². The number of rotatable bonds is 2. The highest BCUT2D eigenvalue weighted by Crippen LogP contribution is 2.27. The van der Waals surface area contributed by atoms with Gasteiger partial charge in [-0.05, 0) is 46.5 Å². The van der Waals surface area contributed by atoms with Gasteiger partial charge in [0.15, 0.2) is 0 Å². The minimum absolute atomic E-state index is 0.188. The van der Waals surface area contributed by atoms with E-state index >= 15 is 0 Å². The number of hydrogen-bond acceptors (Lipinski definition) is 3. The Morgan fingerprint density at radius 2 is 1.78 bits per heavy atom. The summed E-state index contributed by atoms with van der Waals surface area (Å²) in [4.78, 5) is 13.6. The minimum atomic E-state index is -0.456. The van der Waals surface area contributed by atoms with Crippen LogP contribution in [0.15, 0.2) is 0 Å². The lowest BCUT2D eigenvalue weighted by atomic mass is 9.85. The zero-order chi connectivity index (χ0) is 13.9. The van der Waals surface area contributed by atoms with Crippen LogP contribution >= 0.6 is 0 Å². The Morgan fingerprint density at radius 1 is 1.28 bits per heavy atom. The molecule has 0 aromatic carbocycles. The number of nitrogens with two attached hydrogens (primary N) is 1. The number of carbonyl (C=O) groups is 1. The summed E-state index contributed by atoms with van der Waals surface area (Å²) in [5.74, 6) is 0.460. The second kappa shape index (κ2) is 5.59. The molecule has 18 heavy (non-hydrogen) atoms. The molecule has 0 spiro atoms. The standard InChI is InChI=1S/C13H25N3O2/c1-13(2,3)18-12(17)16(4)10-7-5-9(6-8-10)11(14)15/h9-10H,5-8H2,1-4H3,(H3,14,15). The van der Waals surface area contributed by atoms with Gasteiger partial charge < -0.3 is 15.4 Å². The van der Waals surface area contributed by atoms with Crippen molar-refractivity contribution in [3.05, 3.63) is 0 Å². The van der Waals surface area contributed by atoms with E-state index in [2.05, 4.69) is 0 Å². The highest BCUT2D eigenvalue weighted by molar-refractivity contribution is 5.79. The first-order valence-corrected chi connectivity index (χ1v) is 6.50. The Bertz CT molecular complexity index is 315. The molecule has 104 valence electrons. The fourth-order valence-electron chi connectivity index (χ4n) is 2.26. The summed E-state index contributed by atoms with van der Waals surface area (Å²) >= 11 is 0. The van der Waals surface area contributed by atoms with E-state index in [1.807, 2.05) is 20.8 Å². The third-order valence-electron chi connectivity index (χ3n) is 3.37. The zero-order valence-electron chi connectivity index (χ0n) is 11.8. The van der Waals surface area contributed by atoms with Crippen molar-refractivity contribution in [2.24, 2.45) is 11.7 Å². The highest BCUT2D eigenvalue weighted by Gasteiger charge is 2.29. The first-order chi connectivity index (χ1) is 8.20. The third-order valence-corrected chi connectivity index (χ3v) is 3.37. The second-order valence-corrected chi connectivity index (χ2v) is 6.05. The number of carbonyl (C=O) groups excluding carboxylic acids is 1. The van der Waals surface area contributed by atoms with Crippen LogP contribution in [0.5, 0.6) is 0 Å². The van der Waals surface area contributed by atoms with Crippen LogP contribution in [-0.4, -0.2) is 35.5 Å². The Kier molecular flexibility index (Phi) is 4.59. The monoisotopic (exact) mass is 255 g/mol. The van der Waals surface area contributed by atoms with Crippen LogP contribution in [0.1, 0.15) is 46.5 Å². The largest absolute Gasteiger partial charge is 0.444 e. The van der Waals surface area contributed by atoms with E-state index in [-0.39, 0.29) is 23.9 Å². The van der Waals surface area contributed by atoms with Gasteiger partial charge in [0.05, 0.1) is 5.84 Å². The van der Waals surface area contributed by atoms with Gasteiger partial charge in [-0.2, -0.15) is 0 Å². The maximum atomic E-state index is 11.9. The average molecular weight is 255 g/mol. The lowest BCUT2D eigenvalue weighted by Crippen LogP contribution is -2.43. The van der Waals surface area contributed by atoms with Gasteiger partial charge in [-0.1, -0.05) is 0 Å². The fourth-order valence-corrected chi connectivity index (χ4v) is 2.26. The molecule has 0 aromatic rings. The molecule has 1 aliphatic carbocycles. The molecule has 1 aliphatic rings. The predicted octanol–water partition coefficient (Wildman–Crippen LogP) is 2.35. The lowest BCUT2D eigenvalue weighted by Gasteiger charge is -2.35. The molecule has 0 atom stereocenters. The van der Waals surface area contributed by atoms with Crippen LogP contribution in [0.4, 0.5) is 4.79 Å². The molecule has 1 saturated carbocycles. The third kappa shape index (κ3) is 4.20. The van der Waals surface area contributed by atoms with Gasteiger partial charge in [0.25, 0.3) is 0 Å². The number of nitrogens with zero attached hydrogens (tertiary/aromatic N) is 1. The van der Waals surface area contributed by atoms with Gasteiger partial charge in [-0.3, -0.25) is 5.41 Å². The van der Waals surface area contributed by atoms with E-state index < -0.39 is 5.60 Å². The van der Waals surface area contributed by atoms with Crippen molar-refractivity contribution in [3.8, 4) is 0 Å². The normalized spacial score (nSPS) is 24.4. The first-order valence-electron chi connectivity index (χ1n) is 6.50. The van der Waals surface area contributed by atoms with E-state index in [0.29, 0.717) is 0 Å². The van der Waals surface area contributed by atoms with Gasteiger partial charge in [0.2, 0.25) is 0 Å². The molecule has 0 bridgehead atoms. The van der Waals surface area contributed by atoms with Gasteiger partial charge >= 0.3 is 6.09 Å². The molecule has 0 aliphatic heterocycles. The maximum Gasteiger partial charge on any atom is 0.410 e. The summed E-state index contributed by atoms with van der Waals surface area (Å²) in [7, 11) is 1.78.